The van der Waals surface area contributed by atoms with Gasteiger partial charge in [-0.1, -0.05) is 0 Å². The van der Waals surface area contributed by atoms with Gasteiger partial charge in [0, 0.05) is 43.8 Å². The van der Waals surface area contributed by atoms with Crippen LogP contribution in [0.5, 0.6) is 0 Å². The number of pyridine rings is 1. The molecule has 0 bridgehead atoms. The van der Waals surface area contributed by atoms with Gasteiger partial charge in [0.15, 0.2) is 0 Å². The highest BCUT2D eigenvalue weighted by Crippen LogP contribution is 2.24. The van der Waals surface area contributed by atoms with Crippen molar-refractivity contribution in [3.8, 4) is 0 Å². The highest BCUT2D eigenvalue weighted by molar-refractivity contribution is 6.22. The van der Waals surface area contributed by atoms with Crippen molar-refractivity contribution in [3.05, 3.63) is 65.0 Å². The third kappa shape index (κ3) is 4.50. The molecule has 1 N–H and O–H groups in total. The number of aromatic nitrogens is 1. The van der Waals surface area contributed by atoms with Gasteiger partial charge in [-0.15, -0.1) is 0 Å². The molecular weight excluding hydrogens is 396 g/mol. The van der Waals surface area contributed by atoms with E-state index in [4.69, 9.17) is 4.74 Å². The lowest BCUT2D eigenvalue weighted by Crippen LogP contribution is -3.13. The summed E-state index contributed by atoms with van der Waals surface area (Å²) < 4.78 is 5.00. The number of imide groups is 1. The predicted octanol–water partition coefficient (Wildman–Crippen LogP) is 0.255. The fraction of sp³-hybridized carbons (Fsp3) is 0.391. The molecule has 0 aliphatic carbocycles. The maximum Gasteiger partial charge on any atom is 0.261 e. The van der Waals surface area contributed by atoms with Crippen LogP contribution in [0.4, 0.5) is 0 Å². The zero-order chi connectivity index (χ0) is 21.8. The van der Waals surface area contributed by atoms with E-state index in [9.17, 15) is 14.4 Å². The average molecular weight is 423 g/mol. The maximum atomic E-state index is 13.0. The van der Waals surface area contributed by atoms with Crippen molar-refractivity contribution < 1.29 is 24.0 Å². The van der Waals surface area contributed by atoms with E-state index in [0.29, 0.717) is 49.4 Å². The summed E-state index contributed by atoms with van der Waals surface area (Å²) in [6, 6.07) is 8.87. The van der Waals surface area contributed by atoms with Gasteiger partial charge in [-0.05, 0) is 36.8 Å². The van der Waals surface area contributed by atoms with Crippen molar-refractivity contribution in [1.82, 2.24) is 14.8 Å². The van der Waals surface area contributed by atoms with E-state index in [1.54, 1.807) is 37.7 Å². The molecule has 0 radical (unpaired) electrons. The number of nitrogens with zero attached hydrogens (tertiary/aromatic N) is 3. The number of benzene rings is 1. The fourth-order valence-electron chi connectivity index (χ4n) is 4.17. The quantitative estimate of drug-likeness (QED) is 0.510. The van der Waals surface area contributed by atoms with Crippen LogP contribution in [-0.2, 0) is 11.3 Å². The van der Waals surface area contributed by atoms with E-state index < -0.39 is 0 Å². The zero-order valence-electron chi connectivity index (χ0n) is 17.7. The summed E-state index contributed by atoms with van der Waals surface area (Å²) in [5.74, 6) is -0.732. The Morgan fingerprint density at radius 3 is 2.48 bits per heavy atom. The second kappa shape index (κ2) is 9.36. The summed E-state index contributed by atoms with van der Waals surface area (Å²) in [6.07, 6.45) is 4.18. The molecule has 2 aliphatic rings. The Kier molecular flexibility index (Phi) is 6.39. The second-order valence-corrected chi connectivity index (χ2v) is 7.94. The van der Waals surface area contributed by atoms with Gasteiger partial charge in [-0.3, -0.25) is 24.3 Å². The smallest absolute Gasteiger partial charge is 0.261 e. The number of piperazine rings is 1. The number of hydrogen-bond donors (Lipinski definition) is 1. The number of methoxy groups -OCH3 is 1. The monoisotopic (exact) mass is 423 g/mol. The SMILES string of the molecule is COCCCN1C(=O)c2ccc(C(=O)N3CC[NH+](Cc4ccncc4)CC3)cc2C1=O. The molecule has 2 aromatic rings. The predicted molar refractivity (Wildman–Crippen MR) is 113 cm³/mol. The van der Waals surface area contributed by atoms with Crippen molar-refractivity contribution in [2.24, 2.45) is 0 Å². The number of carbonyl (C=O) groups excluding carboxylic acids is 3. The van der Waals surface area contributed by atoms with Crippen LogP contribution >= 0.6 is 0 Å². The van der Waals surface area contributed by atoms with E-state index >= 15 is 0 Å². The largest absolute Gasteiger partial charge is 0.385 e. The first-order valence-corrected chi connectivity index (χ1v) is 10.6. The lowest BCUT2D eigenvalue weighted by molar-refractivity contribution is -0.917. The number of ether oxygens (including phenoxy) is 1. The van der Waals surface area contributed by atoms with E-state index in [2.05, 4.69) is 4.98 Å². The van der Waals surface area contributed by atoms with Crippen LogP contribution in [0.25, 0.3) is 0 Å². The van der Waals surface area contributed by atoms with Crippen LogP contribution < -0.4 is 4.90 Å². The lowest BCUT2D eigenvalue weighted by atomic mass is 10.0. The average Bonchev–Trinajstić information content (AvgIpc) is 3.04. The molecule has 1 fully saturated rings. The minimum atomic E-state index is -0.336. The minimum Gasteiger partial charge on any atom is -0.385 e. The van der Waals surface area contributed by atoms with Gasteiger partial charge >= 0.3 is 0 Å². The molecule has 3 heterocycles. The van der Waals surface area contributed by atoms with Crippen LogP contribution in [0, 0.1) is 0 Å². The van der Waals surface area contributed by atoms with E-state index in [1.807, 2.05) is 17.0 Å². The first-order valence-electron chi connectivity index (χ1n) is 10.6. The molecule has 162 valence electrons. The first kappa shape index (κ1) is 21.1. The molecule has 0 unspecified atom stereocenters. The van der Waals surface area contributed by atoms with Crippen molar-refractivity contribution >= 4 is 17.7 Å². The normalized spacial score (nSPS) is 16.7. The van der Waals surface area contributed by atoms with Crippen LogP contribution in [0.1, 0.15) is 43.1 Å². The number of fused-ring (bicyclic) bond motifs is 1. The molecule has 0 spiro atoms. The number of carbonyl (C=O) groups is 3. The topological polar surface area (TPSA) is 84.2 Å². The Morgan fingerprint density at radius 2 is 1.77 bits per heavy atom. The summed E-state index contributed by atoms with van der Waals surface area (Å²) in [5.41, 5.74) is 2.37. The van der Waals surface area contributed by atoms with Gasteiger partial charge in [-0.2, -0.15) is 0 Å². The zero-order valence-corrected chi connectivity index (χ0v) is 17.7. The van der Waals surface area contributed by atoms with Gasteiger partial charge in [-0.25, -0.2) is 0 Å². The Labute approximate surface area is 181 Å². The Morgan fingerprint density at radius 1 is 1.06 bits per heavy atom. The third-order valence-corrected chi connectivity index (χ3v) is 5.91. The molecular formula is C23H27N4O4+. The number of rotatable bonds is 7. The van der Waals surface area contributed by atoms with Crippen molar-refractivity contribution in [3.63, 3.8) is 0 Å². The molecule has 3 amide bonds. The van der Waals surface area contributed by atoms with Gasteiger partial charge in [0.1, 0.15) is 6.54 Å². The molecule has 4 rings (SSSR count). The number of quaternary nitrogens is 1. The van der Waals surface area contributed by atoms with Gasteiger partial charge < -0.3 is 14.5 Å². The Bertz CT molecular complexity index is 971. The molecule has 8 heteroatoms. The van der Waals surface area contributed by atoms with Crippen LogP contribution in [0.3, 0.4) is 0 Å². The first-order chi connectivity index (χ1) is 15.1. The van der Waals surface area contributed by atoms with Crippen molar-refractivity contribution in [1.29, 1.82) is 0 Å². The van der Waals surface area contributed by atoms with Gasteiger partial charge in [0.2, 0.25) is 0 Å². The summed E-state index contributed by atoms with van der Waals surface area (Å²) in [4.78, 5) is 46.8. The minimum absolute atomic E-state index is 0.0937. The van der Waals surface area contributed by atoms with E-state index in [-0.39, 0.29) is 17.7 Å². The van der Waals surface area contributed by atoms with Crippen LogP contribution in [0.2, 0.25) is 0 Å². The van der Waals surface area contributed by atoms with Crippen LogP contribution in [0.15, 0.2) is 42.7 Å². The third-order valence-electron chi connectivity index (χ3n) is 5.91. The number of amides is 3. The van der Waals surface area contributed by atoms with E-state index in [0.717, 1.165) is 19.6 Å². The second-order valence-electron chi connectivity index (χ2n) is 7.94. The van der Waals surface area contributed by atoms with Crippen molar-refractivity contribution in [2.45, 2.75) is 13.0 Å². The molecule has 1 aromatic heterocycles. The highest BCUT2D eigenvalue weighted by Gasteiger charge is 2.36. The maximum absolute atomic E-state index is 13.0. The standard InChI is InChI=1S/C23H26N4O4/c1-31-14-2-9-27-22(29)19-4-3-18(15-20(19)23(27)30)21(28)26-12-10-25(11-13-26)16-17-5-7-24-8-6-17/h3-8,15H,2,9-14,16H2,1H3/p+1. The summed E-state index contributed by atoms with van der Waals surface area (Å²) in [5, 5.41) is 0. The summed E-state index contributed by atoms with van der Waals surface area (Å²) >= 11 is 0. The van der Waals surface area contributed by atoms with Gasteiger partial charge in [0.25, 0.3) is 17.7 Å². The molecule has 2 aliphatic heterocycles. The molecule has 1 saturated heterocycles. The number of hydrogen-bond acceptors (Lipinski definition) is 5. The molecule has 0 atom stereocenters. The molecule has 1 aromatic carbocycles. The summed E-state index contributed by atoms with van der Waals surface area (Å²) in [7, 11) is 1.58. The van der Waals surface area contributed by atoms with Gasteiger partial charge in [0.05, 0.1) is 37.3 Å². The molecule has 0 saturated carbocycles. The Balaban J connectivity index is 1.38. The van der Waals surface area contributed by atoms with E-state index in [1.165, 1.54) is 15.4 Å². The summed E-state index contributed by atoms with van der Waals surface area (Å²) in [6.45, 7) is 4.75. The fourth-order valence-corrected chi connectivity index (χ4v) is 4.17. The van der Waals surface area contributed by atoms with Crippen LogP contribution in [-0.4, -0.2) is 78.9 Å². The number of nitrogens with one attached hydrogen (secondary N) is 1. The molecule has 8 nitrogen and oxygen atoms in total. The molecule has 31 heavy (non-hydrogen) atoms. The van der Waals surface area contributed by atoms with Crippen molar-refractivity contribution in [2.75, 3.05) is 46.4 Å². The lowest BCUT2D eigenvalue weighted by Gasteiger charge is -2.32. The Hall–Kier alpha value is -3.10. The highest BCUT2D eigenvalue weighted by atomic mass is 16.5.